The number of hydrogen-bond acceptors (Lipinski definition) is 5. The number of ether oxygens (including phenoxy) is 1. The van der Waals surface area contributed by atoms with Crippen LogP contribution < -0.4 is 4.74 Å². The highest BCUT2D eigenvalue weighted by molar-refractivity contribution is 5.97. The van der Waals surface area contributed by atoms with Crippen molar-refractivity contribution < 1.29 is 14.6 Å². The SMILES string of the molecule is O=C(CN1C[C@H]2C[C@@H](Oc3cccc4cnccc34)C[C@H]2C1)c1ccc(O)cc1. The van der Waals surface area contributed by atoms with Crippen molar-refractivity contribution in [1.29, 1.82) is 0 Å². The van der Waals surface area contributed by atoms with E-state index in [0.717, 1.165) is 42.5 Å². The number of pyridine rings is 1. The number of Topliss-reactive ketones (excluding diaryl/α,β-unsaturated/α-hetero) is 1. The number of benzene rings is 2. The molecule has 1 aromatic heterocycles. The fourth-order valence-electron chi connectivity index (χ4n) is 4.88. The van der Waals surface area contributed by atoms with Crippen LogP contribution in [0.3, 0.4) is 0 Å². The molecule has 29 heavy (non-hydrogen) atoms. The highest BCUT2D eigenvalue weighted by Gasteiger charge is 2.42. The minimum absolute atomic E-state index is 0.113. The molecule has 1 saturated heterocycles. The smallest absolute Gasteiger partial charge is 0.176 e. The zero-order valence-corrected chi connectivity index (χ0v) is 16.2. The van der Waals surface area contributed by atoms with Gasteiger partial charge in [0.2, 0.25) is 0 Å². The molecule has 1 aliphatic heterocycles. The van der Waals surface area contributed by atoms with Gasteiger partial charge >= 0.3 is 0 Å². The van der Waals surface area contributed by atoms with E-state index in [-0.39, 0.29) is 17.6 Å². The minimum Gasteiger partial charge on any atom is -0.508 e. The van der Waals surface area contributed by atoms with Crippen molar-refractivity contribution in [2.24, 2.45) is 11.8 Å². The van der Waals surface area contributed by atoms with Crippen LogP contribution in [0.5, 0.6) is 11.5 Å². The van der Waals surface area contributed by atoms with Gasteiger partial charge in [-0.05, 0) is 61.1 Å². The molecule has 0 bridgehead atoms. The normalized spacial score (nSPS) is 23.9. The molecule has 3 atom stereocenters. The number of aromatic hydroxyl groups is 1. The number of aromatic nitrogens is 1. The minimum atomic E-state index is 0.113. The zero-order chi connectivity index (χ0) is 19.8. The summed E-state index contributed by atoms with van der Waals surface area (Å²) in [6.07, 6.45) is 5.99. The van der Waals surface area contributed by atoms with Gasteiger partial charge in [-0.1, -0.05) is 12.1 Å². The lowest BCUT2D eigenvalue weighted by Gasteiger charge is -2.20. The topological polar surface area (TPSA) is 62.7 Å². The summed E-state index contributed by atoms with van der Waals surface area (Å²) < 4.78 is 6.38. The number of fused-ring (bicyclic) bond motifs is 2. The van der Waals surface area contributed by atoms with Crippen LogP contribution in [-0.2, 0) is 0 Å². The number of nitrogens with zero attached hydrogens (tertiary/aromatic N) is 2. The largest absolute Gasteiger partial charge is 0.508 e. The third-order valence-corrected chi connectivity index (χ3v) is 6.27. The Labute approximate surface area is 169 Å². The van der Waals surface area contributed by atoms with Crippen molar-refractivity contribution in [3.8, 4) is 11.5 Å². The Kier molecular flexibility index (Phi) is 4.68. The molecule has 1 N–H and O–H groups in total. The maximum Gasteiger partial charge on any atom is 0.176 e. The van der Waals surface area contributed by atoms with E-state index < -0.39 is 0 Å². The Balaban J connectivity index is 1.19. The number of carbonyl (C=O) groups excluding carboxylic acids is 1. The molecule has 2 aliphatic rings. The standard InChI is InChI=1S/C24H24N2O3/c27-20-6-4-16(5-7-20)23(28)15-26-13-18-10-21(11-19(18)14-26)29-24-3-1-2-17-12-25-9-8-22(17)24/h1-9,12,18-19,21,27H,10-11,13-15H2/t18-,19+,21-. The Morgan fingerprint density at radius 1 is 1.07 bits per heavy atom. The van der Waals surface area contributed by atoms with Gasteiger partial charge in [0, 0.05) is 41.8 Å². The summed E-state index contributed by atoms with van der Waals surface area (Å²) in [6.45, 7) is 2.35. The summed E-state index contributed by atoms with van der Waals surface area (Å²) in [6, 6.07) is 14.6. The second-order valence-electron chi connectivity index (χ2n) is 8.25. The van der Waals surface area contributed by atoms with Crippen LogP contribution in [0, 0.1) is 11.8 Å². The second-order valence-corrected chi connectivity index (χ2v) is 8.25. The summed E-state index contributed by atoms with van der Waals surface area (Å²) in [5.41, 5.74) is 0.659. The molecule has 5 rings (SSSR count). The maximum absolute atomic E-state index is 12.5. The fourth-order valence-corrected chi connectivity index (χ4v) is 4.88. The van der Waals surface area contributed by atoms with Crippen LogP contribution in [-0.4, -0.2) is 46.5 Å². The van der Waals surface area contributed by atoms with Crippen LogP contribution in [0.2, 0.25) is 0 Å². The van der Waals surface area contributed by atoms with Crippen molar-refractivity contribution in [3.63, 3.8) is 0 Å². The lowest BCUT2D eigenvalue weighted by molar-refractivity contribution is 0.0937. The number of carbonyl (C=O) groups is 1. The first kappa shape index (κ1) is 18.1. The van der Waals surface area contributed by atoms with Gasteiger partial charge in [-0.25, -0.2) is 0 Å². The van der Waals surface area contributed by atoms with E-state index in [1.165, 1.54) is 0 Å². The first-order valence-electron chi connectivity index (χ1n) is 10.2. The summed E-state index contributed by atoms with van der Waals surface area (Å²) in [5, 5.41) is 11.6. The molecule has 2 fully saturated rings. The predicted molar refractivity (Wildman–Crippen MR) is 111 cm³/mol. The van der Waals surface area contributed by atoms with E-state index >= 15 is 0 Å². The van der Waals surface area contributed by atoms with Crippen LogP contribution in [0.4, 0.5) is 0 Å². The van der Waals surface area contributed by atoms with Crippen molar-refractivity contribution in [3.05, 3.63) is 66.5 Å². The van der Waals surface area contributed by atoms with E-state index in [2.05, 4.69) is 16.0 Å². The second kappa shape index (κ2) is 7.48. The molecule has 1 aliphatic carbocycles. The van der Waals surface area contributed by atoms with Crippen molar-refractivity contribution in [1.82, 2.24) is 9.88 Å². The number of ketones is 1. The number of likely N-dealkylation sites (tertiary alicyclic amines) is 1. The maximum atomic E-state index is 12.5. The first-order chi connectivity index (χ1) is 14.2. The zero-order valence-electron chi connectivity index (χ0n) is 16.2. The molecular weight excluding hydrogens is 364 g/mol. The third-order valence-electron chi connectivity index (χ3n) is 6.27. The van der Waals surface area contributed by atoms with Gasteiger partial charge in [-0.3, -0.25) is 14.7 Å². The van der Waals surface area contributed by atoms with Crippen molar-refractivity contribution >= 4 is 16.6 Å². The van der Waals surface area contributed by atoms with E-state index in [0.29, 0.717) is 23.9 Å². The quantitative estimate of drug-likeness (QED) is 0.672. The first-order valence-corrected chi connectivity index (χ1v) is 10.2. The van der Waals surface area contributed by atoms with E-state index in [1.807, 2.05) is 30.6 Å². The predicted octanol–water partition coefficient (Wildman–Crippen LogP) is 3.91. The number of phenolic OH excluding ortho intramolecular Hbond substituents is 1. The van der Waals surface area contributed by atoms with Gasteiger partial charge in [-0.15, -0.1) is 0 Å². The summed E-state index contributed by atoms with van der Waals surface area (Å²) in [7, 11) is 0. The van der Waals surface area contributed by atoms with E-state index in [1.54, 1.807) is 24.3 Å². The Bertz CT molecular complexity index is 1010. The molecular formula is C24H24N2O3. The monoisotopic (exact) mass is 388 g/mol. The van der Waals surface area contributed by atoms with Crippen LogP contribution in [0.25, 0.3) is 10.8 Å². The molecule has 0 spiro atoms. The fraction of sp³-hybridized carbons (Fsp3) is 0.333. The highest BCUT2D eigenvalue weighted by Crippen LogP contribution is 2.40. The van der Waals surface area contributed by atoms with Crippen molar-refractivity contribution in [2.45, 2.75) is 18.9 Å². The van der Waals surface area contributed by atoms with E-state index in [9.17, 15) is 9.90 Å². The van der Waals surface area contributed by atoms with Crippen LogP contribution >= 0.6 is 0 Å². The van der Waals surface area contributed by atoms with Crippen LogP contribution in [0.15, 0.2) is 60.9 Å². The summed E-state index contributed by atoms with van der Waals surface area (Å²) in [4.78, 5) is 19.0. The Morgan fingerprint density at radius 2 is 1.83 bits per heavy atom. The molecule has 1 saturated carbocycles. The number of hydrogen-bond donors (Lipinski definition) is 1. The lowest BCUT2D eigenvalue weighted by Crippen LogP contribution is -2.30. The van der Waals surface area contributed by atoms with Gasteiger partial charge in [0.1, 0.15) is 11.5 Å². The average Bonchev–Trinajstić information content (AvgIpc) is 3.26. The molecule has 0 radical (unpaired) electrons. The van der Waals surface area contributed by atoms with E-state index in [4.69, 9.17) is 4.74 Å². The summed E-state index contributed by atoms with van der Waals surface area (Å²) in [5.74, 6) is 2.41. The summed E-state index contributed by atoms with van der Waals surface area (Å²) >= 11 is 0. The molecule has 2 heterocycles. The van der Waals surface area contributed by atoms with Gasteiger partial charge < -0.3 is 9.84 Å². The van der Waals surface area contributed by atoms with Crippen LogP contribution in [0.1, 0.15) is 23.2 Å². The Hall–Kier alpha value is -2.92. The molecule has 0 unspecified atom stereocenters. The lowest BCUT2D eigenvalue weighted by atomic mass is 10.0. The van der Waals surface area contributed by atoms with Crippen molar-refractivity contribution in [2.75, 3.05) is 19.6 Å². The molecule has 3 aromatic rings. The molecule has 148 valence electrons. The highest BCUT2D eigenvalue weighted by atomic mass is 16.5. The molecule has 0 amide bonds. The third kappa shape index (κ3) is 3.70. The molecule has 5 heteroatoms. The number of rotatable bonds is 5. The molecule has 5 nitrogen and oxygen atoms in total. The molecule has 2 aromatic carbocycles. The van der Waals surface area contributed by atoms with Gasteiger partial charge in [0.15, 0.2) is 5.78 Å². The average molecular weight is 388 g/mol. The number of phenols is 1. The van der Waals surface area contributed by atoms with Gasteiger partial charge in [0.05, 0.1) is 12.6 Å². The van der Waals surface area contributed by atoms with Gasteiger partial charge in [-0.2, -0.15) is 0 Å². The Morgan fingerprint density at radius 3 is 2.59 bits per heavy atom. The van der Waals surface area contributed by atoms with Gasteiger partial charge in [0.25, 0.3) is 0 Å².